The maximum absolute atomic E-state index is 12.8. The zero-order valence-electron chi connectivity index (χ0n) is 17.5. The molecule has 1 aromatic carbocycles. The number of nitrogens with zero attached hydrogens (tertiary/aromatic N) is 2. The molecule has 0 amide bonds. The molecule has 2 aromatic rings. The highest BCUT2D eigenvalue weighted by Gasteiger charge is 2.36. The van der Waals surface area contributed by atoms with Gasteiger partial charge in [0.25, 0.3) is 6.04 Å². The number of rotatable bonds is 11. The lowest BCUT2D eigenvalue weighted by Crippen LogP contribution is -2.34. The number of aromatic nitrogens is 2. The number of unbranched alkanes of at least 4 members (excludes halogenated alkanes) is 2. The molecule has 0 aliphatic carbocycles. The maximum atomic E-state index is 12.8. The van der Waals surface area contributed by atoms with Crippen molar-refractivity contribution in [3.05, 3.63) is 42.5 Å². The minimum absolute atomic E-state index is 0.0192. The third-order valence-electron chi connectivity index (χ3n) is 4.79. The maximum Gasteiger partial charge on any atom is 0.364 e. The zero-order chi connectivity index (χ0) is 21.3. The molecule has 1 aliphatic heterocycles. The van der Waals surface area contributed by atoms with Gasteiger partial charge in [-0.3, -0.25) is 0 Å². The molecule has 1 aliphatic rings. The Morgan fingerprint density at radius 1 is 1.10 bits per heavy atom. The van der Waals surface area contributed by atoms with Gasteiger partial charge in [-0.05, 0) is 30.5 Å². The molecule has 0 bridgehead atoms. The predicted molar refractivity (Wildman–Crippen MR) is 107 cm³/mol. The summed E-state index contributed by atoms with van der Waals surface area (Å²) in [6, 6.07) is 4.14. The van der Waals surface area contributed by atoms with Crippen LogP contribution in [0, 0.1) is 0 Å². The number of ether oxygens (including phenoxy) is 4. The van der Waals surface area contributed by atoms with E-state index in [9.17, 15) is 9.59 Å². The number of imidazole rings is 1. The summed E-state index contributed by atoms with van der Waals surface area (Å²) in [6.07, 6.45) is 8.98. The van der Waals surface area contributed by atoms with Crippen LogP contribution in [0.5, 0.6) is 11.5 Å². The third-order valence-corrected chi connectivity index (χ3v) is 4.79. The average Bonchev–Trinajstić information content (AvgIpc) is 3.40. The zero-order valence-corrected chi connectivity index (χ0v) is 17.5. The standard InChI is InChI=1S/C22H29N2O6/c1-3-5-9-23-10-11-24(15-23)20(21(25)27-12-6-4-2)22(26)28-14-17-7-8-18-19(13-17)30-16-29-18/h7-8,10-11,13,15,20H,3-6,9,12,14,16H2,1-2H3/q+1. The van der Waals surface area contributed by atoms with E-state index in [0.717, 1.165) is 37.8 Å². The number of carbonyl (C=O) groups excluding carboxylic acids is 2. The molecule has 0 saturated heterocycles. The van der Waals surface area contributed by atoms with Crippen LogP contribution in [0.4, 0.5) is 0 Å². The SMILES string of the molecule is CCCCOC(=O)C(C(=O)OCc1ccc2c(c1)OCO2)n1cc[n+](CCCC)c1. The van der Waals surface area contributed by atoms with E-state index in [4.69, 9.17) is 18.9 Å². The van der Waals surface area contributed by atoms with Crippen LogP contribution in [-0.2, 0) is 32.2 Å². The van der Waals surface area contributed by atoms with Gasteiger partial charge in [0.2, 0.25) is 13.1 Å². The van der Waals surface area contributed by atoms with Crippen molar-refractivity contribution < 1.29 is 33.1 Å². The Bertz CT molecular complexity index is 863. The third kappa shape index (κ3) is 5.52. The van der Waals surface area contributed by atoms with Gasteiger partial charge in [0.1, 0.15) is 19.0 Å². The van der Waals surface area contributed by atoms with Crippen LogP contribution in [-0.4, -0.2) is 29.9 Å². The molecule has 0 radical (unpaired) electrons. The van der Waals surface area contributed by atoms with Gasteiger partial charge in [0.15, 0.2) is 11.5 Å². The van der Waals surface area contributed by atoms with Gasteiger partial charge in [0, 0.05) is 0 Å². The Labute approximate surface area is 176 Å². The Morgan fingerprint density at radius 2 is 1.87 bits per heavy atom. The van der Waals surface area contributed by atoms with Crippen LogP contribution in [0.2, 0.25) is 0 Å². The number of hydrogen-bond acceptors (Lipinski definition) is 6. The Hall–Kier alpha value is -3.03. The topological polar surface area (TPSA) is 79.9 Å². The number of benzene rings is 1. The average molecular weight is 417 g/mol. The summed E-state index contributed by atoms with van der Waals surface area (Å²) in [5, 5.41) is 0. The van der Waals surface area contributed by atoms with Gasteiger partial charge in [-0.15, -0.1) is 0 Å². The van der Waals surface area contributed by atoms with Crippen molar-refractivity contribution in [1.82, 2.24) is 4.57 Å². The van der Waals surface area contributed by atoms with E-state index in [1.165, 1.54) is 0 Å². The quantitative estimate of drug-likeness (QED) is 0.242. The molecule has 30 heavy (non-hydrogen) atoms. The largest absolute Gasteiger partial charge is 0.462 e. The molecular weight excluding hydrogens is 388 g/mol. The molecule has 1 atom stereocenters. The van der Waals surface area contributed by atoms with Crippen molar-refractivity contribution in [1.29, 1.82) is 0 Å². The number of fused-ring (bicyclic) bond motifs is 1. The van der Waals surface area contributed by atoms with E-state index in [-0.39, 0.29) is 20.0 Å². The first-order valence-corrected chi connectivity index (χ1v) is 10.4. The lowest BCUT2D eigenvalue weighted by atomic mass is 10.2. The van der Waals surface area contributed by atoms with Crippen LogP contribution in [0.3, 0.4) is 0 Å². The van der Waals surface area contributed by atoms with Crippen molar-refractivity contribution in [2.45, 2.75) is 58.7 Å². The van der Waals surface area contributed by atoms with E-state index in [0.29, 0.717) is 11.5 Å². The highest BCUT2D eigenvalue weighted by atomic mass is 16.7. The van der Waals surface area contributed by atoms with Gasteiger partial charge >= 0.3 is 11.9 Å². The van der Waals surface area contributed by atoms with Crippen molar-refractivity contribution >= 4 is 11.9 Å². The molecule has 1 aromatic heterocycles. The summed E-state index contributed by atoms with van der Waals surface area (Å²) in [5.74, 6) is -0.00216. The lowest BCUT2D eigenvalue weighted by molar-refractivity contribution is -0.696. The Morgan fingerprint density at radius 3 is 2.67 bits per heavy atom. The molecule has 3 rings (SSSR count). The first kappa shape index (κ1) is 21.7. The number of aryl methyl sites for hydroxylation is 1. The summed E-state index contributed by atoms with van der Waals surface area (Å²) in [7, 11) is 0. The van der Waals surface area contributed by atoms with Crippen LogP contribution in [0.1, 0.15) is 51.1 Å². The summed E-state index contributed by atoms with van der Waals surface area (Å²) < 4.78 is 24.9. The van der Waals surface area contributed by atoms with E-state index < -0.39 is 18.0 Å². The fraction of sp³-hybridized carbons (Fsp3) is 0.500. The minimum Gasteiger partial charge on any atom is -0.462 e. The lowest BCUT2D eigenvalue weighted by Gasteiger charge is -2.13. The second kappa shape index (κ2) is 10.7. The molecule has 8 nitrogen and oxygen atoms in total. The highest BCUT2D eigenvalue weighted by molar-refractivity contribution is 5.97. The van der Waals surface area contributed by atoms with Crippen LogP contribution >= 0.6 is 0 Å². The van der Waals surface area contributed by atoms with Crippen molar-refractivity contribution in [2.24, 2.45) is 0 Å². The van der Waals surface area contributed by atoms with Gasteiger partial charge in [-0.1, -0.05) is 32.8 Å². The monoisotopic (exact) mass is 417 g/mol. The molecule has 0 saturated carbocycles. The van der Waals surface area contributed by atoms with E-state index in [2.05, 4.69) is 6.92 Å². The Kier molecular flexibility index (Phi) is 7.70. The van der Waals surface area contributed by atoms with E-state index >= 15 is 0 Å². The van der Waals surface area contributed by atoms with Gasteiger partial charge in [-0.25, -0.2) is 18.7 Å². The molecule has 0 spiro atoms. The van der Waals surface area contributed by atoms with Gasteiger partial charge < -0.3 is 18.9 Å². The van der Waals surface area contributed by atoms with E-state index in [1.807, 2.05) is 17.7 Å². The van der Waals surface area contributed by atoms with E-state index in [1.54, 1.807) is 35.3 Å². The molecular formula is C22H29N2O6+. The smallest absolute Gasteiger partial charge is 0.364 e. The van der Waals surface area contributed by atoms with Crippen molar-refractivity contribution in [3.8, 4) is 11.5 Å². The predicted octanol–water partition coefficient (Wildman–Crippen LogP) is 2.93. The normalized spacial score (nSPS) is 13.1. The summed E-state index contributed by atoms with van der Waals surface area (Å²) in [6.45, 7) is 5.40. The molecule has 1 unspecified atom stereocenters. The first-order chi connectivity index (χ1) is 14.6. The molecule has 0 fully saturated rings. The summed E-state index contributed by atoms with van der Waals surface area (Å²) in [4.78, 5) is 25.5. The molecule has 0 N–H and O–H groups in total. The second-order valence-electron chi connectivity index (χ2n) is 7.17. The number of hydrogen-bond donors (Lipinski definition) is 0. The fourth-order valence-corrected chi connectivity index (χ4v) is 3.04. The second-order valence-corrected chi connectivity index (χ2v) is 7.17. The molecule has 2 heterocycles. The Balaban J connectivity index is 1.69. The minimum atomic E-state index is -1.18. The molecule has 8 heteroatoms. The summed E-state index contributed by atoms with van der Waals surface area (Å²) >= 11 is 0. The number of carbonyl (C=O) groups is 2. The van der Waals surface area contributed by atoms with Crippen molar-refractivity contribution in [3.63, 3.8) is 0 Å². The highest BCUT2D eigenvalue weighted by Crippen LogP contribution is 2.32. The summed E-state index contributed by atoms with van der Waals surface area (Å²) in [5.41, 5.74) is 0.746. The fourth-order valence-electron chi connectivity index (χ4n) is 3.04. The van der Waals surface area contributed by atoms with Gasteiger partial charge in [-0.2, -0.15) is 0 Å². The van der Waals surface area contributed by atoms with Crippen molar-refractivity contribution in [2.75, 3.05) is 13.4 Å². The molecule has 162 valence electrons. The van der Waals surface area contributed by atoms with Crippen LogP contribution in [0.25, 0.3) is 0 Å². The number of esters is 2. The van der Waals surface area contributed by atoms with Gasteiger partial charge in [0.05, 0.1) is 13.2 Å². The first-order valence-electron chi connectivity index (χ1n) is 10.4. The van der Waals surface area contributed by atoms with Crippen LogP contribution < -0.4 is 14.0 Å². The van der Waals surface area contributed by atoms with Crippen LogP contribution in [0.15, 0.2) is 36.9 Å².